The number of carbonyl (C=O) groups is 2. The van der Waals surface area contributed by atoms with E-state index in [9.17, 15) is 9.59 Å². The first-order valence-corrected chi connectivity index (χ1v) is 9.71. The lowest BCUT2D eigenvalue weighted by Crippen LogP contribution is -2.47. The van der Waals surface area contributed by atoms with Gasteiger partial charge in [-0.15, -0.1) is 24.8 Å². The monoisotopic (exact) mass is 465 g/mol. The molecule has 0 spiro atoms. The highest BCUT2D eigenvalue weighted by atomic mass is 35.5. The minimum absolute atomic E-state index is 0. The van der Waals surface area contributed by atoms with Crippen LogP contribution in [0.5, 0.6) is 0 Å². The van der Waals surface area contributed by atoms with Crippen molar-refractivity contribution >= 4 is 47.7 Å². The molecule has 0 radical (unpaired) electrons. The number of carbonyl (C=O) groups excluding carboxylic acids is 2. The standard InChI is InChI=1S/C22H27N5O2.2ClH/c1-15(2)21(23)22(29)25-12-20(28)24-11-16-7-9-17(10-8-16)13-27-14-26-18-5-3-4-6-19(18)27;;/h3-10,14-15,21H,11-13,23H2,1-2H3,(H,24,28)(H,25,29);2*1H/t21-;;/m0../s1. The van der Waals surface area contributed by atoms with E-state index >= 15 is 0 Å². The third kappa shape index (κ3) is 7.24. The lowest BCUT2D eigenvalue weighted by atomic mass is 10.1. The topological polar surface area (TPSA) is 102 Å². The molecular weight excluding hydrogens is 437 g/mol. The van der Waals surface area contributed by atoms with Crippen LogP contribution in [0.1, 0.15) is 25.0 Å². The van der Waals surface area contributed by atoms with E-state index in [1.807, 2.05) is 62.6 Å². The summed E-state index contributed by atoms with van der Waals surface area (Å²) in [6.45, 7) is 4.78. The minimum atomic E-state index is -0.608. The molecule has 0 aliphatic rings. The number of hydrogen-bond acceptors (Lipinski definition) is 4. The first kappa shape index (κ1) is 26.4. The van der Waals surface area contributed by atoms with Gasteiger partial charge in [-0.3, -0.25) is 9.59 Å². The summed E-state index contributed by atoms with van der Waals surface area (Å²) in [6, 6.07) is 15.5. The molecule has 31 heavy (non-hydrogen) atoms. The molecule has 1 atom stereocenters. The van der Waals surface area contributed by atoms with Gasteiger partial charge in [0.25, 0.3) is 0 Å². The Kier molecular flexibility index (Phi) is 10.5. The van der Waals surface area contributed by atoms with Crippen molar-refractivity contribution in [3.63, 3.8) is 0 Å². The molecule has 9 heteroatoms. The van der Waals surface area contributed by atoms with E-state index in [-0.39, 0.29) is 49.1 Å². The van der Waals surface area contributed by atoms with Crippen molar-refractivity contribution in [2.24, 2.45) is 11.7 Å². The Balaban J connectivity index is 0.00000240. The SMILES string of the molecule is CC(C)[C@H](N)C(=O)NCC(=O)NCc1ccc(Cn2cnc3ccccc32)cc1.Cl.Cl. The number of halogens is 2. The van der Waals surface area contributed by atoms with E-state index in [4.69, 9.17) is 5.73 Å². The Hall–Kier alpha value is -2.61. The molecule has 3 aromatic rings. The molecule has 168 valence electrons. The van der Waals surface area contributed by atoms with E-state index in [1.54, 1.807) is 0 Å². The molecule has 2 amide bonds. The van der Waals surface area contributed by atoms with Gasteiger partial charge in [-0.25, -0.2) is 4.98 Å². The fourth-order valence-electron chi connectivity index (χ4n) is 2.95. The number of nitrogens with two attached hydrogens (primary N) is 1. The van der Waals surface area contributed by atoms with Gasteiger partial charge in [0.05, 0.1) is 29.9 Å². The van der Waals surface area contributed by atoms with E-state index in [2.05, 4.69) is 26.3 Å². The number of nitrogens with one attached hydrogen (secondary N) is 2. The van der Waals surface area contributed by atoms with E-state index < -0.39 is 6.04 Å². The second-order valence-electron chi connectivity index (χ2n) is 7.44. The molecule has 4 N–H and O–H groups in total. The zero-order chi connectivity index (χ0) is 20.8. The van der Waals surface area contributed by atoms with Crippen LogP contribution in [0.4, 0.5) is 0 Å². The summed E-state index contributed by atoms with van der Waals surface area (Å²) in [4.78, 5) is 28.1. The molecule has 0 saturated heterocycles. The number of imidazole rings is 1. The van der Waals surface area contributed by atoms with Crippen molar-refractivity contribution in [3.8, 4) is 0 Å². The molecule has 2 aromatic carbocycles. The highest BCUT2D eigenvalue weighted by Gasteiger charge is 2.17. The van der Waals surface area contributed by atoms with Gasteiger partial charge in [-0.1, -0.05) is 50.2 Å². The van der Waals surface area contributed by atoms with Crippen LogP contribution in [0.15, 0.2) is 54.9 Å². The zero-order valence-electron chi connectivity index (χ0n) is 17.6. The second kappa shape index (κ2) is 12.3. The van der Waals surface area contributed by atoms with Crippen molar-refractivity contribution in [3.05, 3.63) is 66.0 Å². The van der Waals surface area contributed by atoms with Crippen molar-refractivity contribution in [1.82, 2.24) is 20.2 Å². The van der Waals surface area contributed by atoms with Crippen molar-refractivity contribution in [1.29, 1.82) is 0 Å². The van der Waals surface area contributed by atoms with Crippen molar-refractivity contribution < 1.29 is 9.59 Å². The second-order valence-corrected chi connectivity index (χ2v) is 7.44. The predicted octanol–water partition coefficient (Wildman–Crippen LogP) is 2.64. The quantitative estimate of drug-likeness (QED) is 0.475. The average molecular weight is 466 g/mol. The van der Waals surface area contributed by atoms with Gasteiger partial charge in [0, 0.05) is 13.1 Å². The highest BCUT2D eigenvalue weighted by molar-refractivity contribution is 5.87. The number of benzene rings is 2. The van der Waals surface area contributed by atoms with Gasteiger partial charge in [-0.05, 0) is 29.2 Å². The lowest BCUT2D eigenvalue weighted by Gasteiger charge is -2.15. The summed E-state index contributed by atoms with van der Waals surface area (Å²) in [5.41, 5.74) is 9.97. The van der Waals surface area contributed by atoms with E-state index in [1.165, 1.54) is 0 Å². The van der Waals surface area contributed by atoms with Crippen LogP contribution in [-0.4, -0.2) is 34.0 Å². The Bertz CT molecular complexity index is 989. The summed E-state index contributed by atoms with van der Waals surface area (Å²) in [7, 11) is 0. The Morgan fingerprint density at radius 2 is 1.65 bits per heavy atom. The third-order valence-electron chi connectivity index (χ3n) is 4.84. The maximum absolute atomic E-state index is 11.9. The Morgan fingerprint density at radius 3 is 2.32 bits per heavy atom. The number of amides is 2. The fourth-order valence-corrected chi connectivity index (χ4v) is 2.95. The van der Waals surface area contributed by atoms with Crippen LogP contribution in [0.2, 0.25) is 0 Å². The van der Waals surface area contributed by atoms with Gasteiger partial charge in [0.1, 0.15) is 0 Å². The Morgan fingerprint density at radius 1 is 1.00 bits per heavy atom. The smallest absolute Gasteiger partial charge is 0.239 e. The first-order chi connectivity index (χ1) is 13.9. The third-order valence-corrected chi connectivity index (χ3v) is 4.84. The van der Waals surface area contributed by atoms with Crippen molar-refractivity contribution in [2.75, 3.05) is 6.54 Å². The fraction of sp³-hybridized carbons (Fsp3) is 0.318. The normalized spacial score (nSPS) is 11.4. The van der Waals surface area contributed by atoms with Crippen LogP contribution in [0, 0.1) is 5.92 Å². The Labute approximate surface area is 194 Å². The summed E-state index contributed by atoms with van der Waals surface area (Å²) >= 11 is 0. The van der Waals surface area contributed by atoms with Gasteiger partial charge < -0.3 is 20.9 Å². The van der Waals surface area contributed by atoms with Gasteiger partial charge in [0.2, 0.25) is 11.8 Å². The lowest BCUT2D eigenvalue weighted by molar-refractivity contribution is -0.127. The summed E-state index contributed by atoms with van der Waals surface area (Å²) < 4.78 is 2.11. The number of hydrogen-bond donors (Lipinski definition) is 3. The number of fused-ring (bicyclic) bond motifs is 1. The maximum atomic E-state index is 11.9. The molecule has 0 saturated carbocycles. The molecule has 3 rings (SSSR count). The van der Waals surface area contributed by atoms with Crippen LogP contribution in [-0.2, 0) is 22.7 Å². The number of aromatic nitrogens is 2. The highest BCUT2D eigenvalue weighted by Crippen LogP contribution is 2.14. The summed E-state index contributed by atoms with van der Waals surface area (Å²) in [6.07, 6.45) is 1.85. The molecule has 7 nitrogen and oxygen atoms in total. The number of nitrogens with zero attached hydrogens (tertiary/aromatic N) is 2. The molecule has 0 aliphatic heterocycles. The number of rotatable bonds is 8. The van der Waals surface area contributed by atoms with Crippen LogP contribution in [0.25, 0.3) is 11.0 Å². The molecular formula is C22H29Cl2N5O2. The zero-order valence-corrected chi connectivity index (χ0v) is 19.2. The largest absolute Gasteiger partial charge is 0.350 e. The molecule has 0 unspecified atom stereocenters. The van der Waals surface area contributed by atoms with Gasteiger partial charge in [-0.2, -0.15) is 0 Å². The van der Waals surface area contributed by atoms with Crippen molar-refractivity contribution in [2.45, 2.75) is 33.0 Å². The van der Waals surface area contributed by atoms with Crippen LogP contribution in [0.3, 0.4) is 0 Å². The van der Waals surface area contributed by atoms with E-state index in [0.29, 0.717) is 6.54 Å². The minimum Gasteiger partial charge on any atom is -0.350 e. The van der Waals surface area contributed by atoms with Crippen LogP contribution < -0.4 is 16.4 Å². The number of para-hydroxylation sites is 2. The molecule has 1 aromatic heterocycles. The van der Waals surface area contributed by atoms with Crippen LogP contribution >= 0.6 is 24.8 Å². The van der Waals surface area contributed by atoms with Gasteiger partial charge >= 0.3 is 0 Å². The predicted molar refractivity (Wildman–Crippen MR) is 127 cm³/mol. The molecule has 0 aliphatic carbocycles. The molecule has 0 fully saturated rings. The van der Waals surface area contributed by atoms with Gasteiger partial charge in [0.15, 0.2) is 0 Å². The summed E-state index contributed by atoms with van der Waals surface area (Å²) in [5, 5.41) is 5.37. The summed E-state index contributed by atoms with van der Waals surface area (Å²) in [5.74, 6) is -0.535. The molecule has 1 heterocycles. The first-order valence-electron chi connectivity index (χ1n) is 9.71. The average Bonchev–Trinajstić information content (AvgIpc) is 3.13. The van der Waals surface area contributed by atoms with E-state index in [0.717, 1.165) is 28.7 Å². The maximum Gasteiger partial charge on any atom is 0.239 e. The molecule has 0 bridgehead atoms.